The number of nitrogens with zero attached hydrogens (tertiary/aromatic N) is 3. The van der Waals surface area contributed by atoms with Crippen molar-refractivity contribution in [2.75, 3.05) is 0 Å². The molecule has 8 nitrogen and oxygen atoms in total. The molecule has 0 aliphatic carbocycles. The summed E-state index contributed by atoms with van der Waals surface area (Å²) in [4.78, 5) is 29.9. The van der Waals surface area contributed by atoms with Crippen molar-refractivity contribution in [3.8, 4) is 0 Å². The van der Waals surface area contributed by atoms with Gasteiger partial charge in [-0.25, -0.2) is 9.67 Å². The smallest absolute Gasteiger partial charge is 0.286 e. The molecule has 0 fully saturated rings. The maximum absolute atomic E-state index is 11.7. The maximum Gasteiger partial charge on any atom is 0.286 e. The topological polar surface area (TPSA) is 105 Å². The zero-order valence-corrected chi connectivity index (χ0v) is 11.5. The van der Waals surface area contributed by atoms with Crippen LogP contribution in [-0.4, -0.2) is 31.6 Å². The van der Waals surface area contributed by atoms with Gasteiger partial charge in [0, 0.05) is 10.7 Å². The van der Waals surface area contributed by atoms with Gasteiger partial charge in [0.1, 0.15) is 24.4 Å². The van der Waals surface area contributed by atoms with Gasteiger partial charge in [0.15, 0.2) is 0 Å². The van der Waals surface area contributed by atoms with E-state index in [1.54, 1.807) is 19.2 Å². The van der Waals surface area contributed by atoms with Crippen LogP contribution in [0.1, 0.15) is 23.5 Å². The summed E-state index contributed by atoms with van der Waals surface area (Å²) in [7, 11) is 0. The quantitative estimate of drug-likeness (QED) is 0.709. The van der Waals surface area contributed by atoms with Crippen LogP contribution in [-0.2, 0) is 4.79 Å². The van der Waals surface area contributed by atoms with Gasteiger partial charge in [-0.1, -0.05) is 0 Å². The first kappa shape index (κ1) is 13.3. The summed E-state index contributed by atoms with van der Waals surface area (Å²) in [6.45, 7) is 1.64. The lowest BCUT2D eigenvalue weighted by Gasteiger charge is -2.12. The summed E-state index contributed by atoms with van der Waals surface area (Å²) in [6, 6.07) is 1.03. The van der Waals surface area contributed by atoms with Gasteiger partial charge in [0.2, 0.25) is 0 Å². The average Bonchev–Trinajstić information content (AvgIpc) is 3.05. The first-order valence-corrected chi connectivity index (χ1v) is 6.15. The third-order valence-corrected chi connectivity index (χ3v) is 2.86. The van der Waals surface area contributed by atoms with Crippen LogP contribution in [0.2, 0.25) is 0 Å². The molecule has 0 aliphatic rings. The van der Waals surface area contributed by atoms with E-state index in [9.17, 15) is 9.59 Å². The van der Waals surface area contributed by atoms with Gasteiger partial charge in [0.25, 0.3) is 11.8 Å². The molecule has 0 aromatic carbocycles. The molecule has 1 atom stereocenters. The molecule has 2 amide bonds. The second kappa shape index (κ2) is 5.65. The van der Waals surface area contributed by atoms with Gasteiger partial charge in [-0.3, -0.25) is 20.4 Å². The molecule has 0 spiro atoms. The minimum absolute atomic E-state index is 0.334. The highest BCUT2D eigenvalue weighted by molar-refractivity contribution is 9.10. The number of hydrogen-bond acceptors (Lipinski definition) is 4. The van der Waals surface area contributed by atoms with Crippen LogP contribution in [0, 0.1) is 0 Å². The highest BCUT2D eigenvalue weighted by atomic mass is 79.9. The Morgan fingerprint density at radius 3 is 2.84 bits per heavy atom. The number of carbonyl (C=O) groups excluding carboxylic acids is 2. The Labute approximate surface area is 116 Å². The van der Waals surface area contributed by atoms with Crippen molar-refractivity contribution in [3.05, 3.63) is 35.1 Å². The van der Waals surface area contributed by atoms with E-state index in [1.807, 2.05) is 0 Å². The van der Waals surface area contributed by atoms with Crippen LogP contribution < -0.4 is 10.9 Å². The van der Waals surface area contributed by atoms with Crippen molar-refractivity contribution < 1.29 is 9.59 Å². The molecule has 100 valence electrons. The van der Waals surface area contributed by atoms with Crippen molar-refractivity contribution in [1.29, 1.82) is 0 Å². The third kappa shape index (κ3) is 3.19. The maximum atomic E-state index is 11.7. The lowest BCUT2D eigenvalue weighted by molar-refractivity contribution is -0.124. The molecule has 2 aromatic heterocycles. The number of amides is 2. The Hall–Kier alpha value is -2.16. The van der Waals surface area contributed by atoms with Crippen LogP contribution >= 0.6 is 15.9 Å². The second-order valence-corrected chi connectivity index (χ2v) is 4.64. The molecular formula is C10H11BrN6O2. The predicted molar refractivity (Wildman–Crippen MR) is 68.8 cm³/mol. The molecule has 0 saturated heterocycles. The summed E-state index contributed by atoms with van der Waals surface area (Å²) in [6.07, 6.45) is 4.38. The van der Waals surface area contributed by atoms with Gasteiger partial charge in [-0.05, 0) is 28.9 Å². The molecular weight excluding hydrogens is 316 g/mol. The Balaban J connectivity index is 1.88. The lowest BCUT2D eigenvalue weighted by Crippen LogP contribution is -2.44. The fourth-order valence-corrected chi connectivity index (χ4v) is 1.67. The fourth-order valence-electron chi connectivity index (χ4n) is 1.33. The summed E-state index contributed by atoms with van der Waals surface area (Å²) < 4.78 is 2.13. The molecule has 19 heavy (non-hydrogen) atoms. The highest BCUT2D eigenvalue weighted by Crippen LogP contribution is 2.10. The van der Waals surface area contributed by atoms with Crippen molar-refractivity contribution in [2.45, 2.75) is 13.0 Å². The van der Waals surface area contributed by atoms with Gasteiger partial charge >= 0.3 is 0 Å². The average molecular weight is 327 g/mol. The molecule has 0 bridgehead atoms. The Bertz CT molecular complexity index is 579. The number of halogens is 1. The second-order valence-electron chi connectivity index (χ2n) is 3.73. The van der Waals surface area contributed by atoms with E-state index >= 15 is 0 Å². The first-order valence-electron chi connectivity index (χ1n) is 5.36. The van der Waals surface area contributed by atoms with Crippen LogP contribution in [0.5, 0.6) is 0 Å². The molecule has 1 unspecified atom stereocenters. The van der Waals surface area contributed by atoms with Crippen molar-refractivity contribution in [2.24, 2.45) is 0 Å². The zero-order valence-electron chi connectivity index (χ0n) is 9.92. The van der Waals surface area contributed by atoms with Crippen LogP contribution in [0.3, 0.4) is 0 Å². The van der Waals surface area contributed by atoms with E-state index in [0.717, 1.165) is 4.47 Å². The standard InChI is InChI=1S/C10H11BrN6O2/c1-6(17-5-12-4-14-17)9(18)15-16-10(19)8-2-7(11)3-13-8/h2-6,13H,1H3,(H,15,18)(H,16,19). The predicted octanol–water partition coefficient (Wildman–Crippen LogP) is 0.391. The number of H-pyrrole nitrogens is 1. The molecule has 0 saturated carbocycles. The summed E-state index contributed by atoms with van der Waals surface area (Å²) in [5.41, 5.74) is 4.95. The van der Waals surface area contributed by atoms with Gasteiger partial charge in [-0.15, -0.1) is 0 Å². The number of hydrogen-bond donors (Lipinski definition) is 3. The molecule has 0 radical (unpaired) electrons. The Kier molecular flexibility index (Phi) is 3.95. The third-order valence-electron chi connectivity index (χ3n) is 2.40. The van der Waals surface area contributed by atoms with E-state index in [4.69, 9.17) is 0 Å². The van der Waals surface area contributed by atoms with Crippen LogP contribution in [0.15, 0.2) is 29.4 Å². The monoisotopic (exact) mass is 326 g/mol. The van der Waals surface area contributed by atoms with Gasteiger partial charge in [-0.2, -0.15) is 5.10 Å². The van der Waals surface area contributed by atoms with Crippen molar-refractivity contribution in [3.63, 3.8) is 0 Å². The minimum Gasteiger partial charge on any atom is -0.356 e. The first-order chi connectivity index (χ1) is 9.08. The number of aromatic nitrogens is 4. The number of hydrazine groups is 1. The molecule has 2 rings (SSSR count). The normalized spacial score (nSPS) is 11.9. The number of carbonyl (C=O) groups is 2. The molecule has 3 N–H and O–H groups in total. The molecule has 0 aliphatic heterocycles. The molecule has 2 aromatic rings. The summed E-state index contributed by atoms with van der Waals surface area (Å²) in [5, 5.41) is 3.85. The van der Waals surface area contributed by atoms with E-state index in [0.29, 0.717) is 5.69 Å². The van der Waals surface area contributed by atoms with E-state index in [-0.39, 0.29) is 0 Å². The largest absolute Gasteiger partial charge is 0.356 e. The van der Waals surface area contributed by atoms with Gasteiger partial charge < -0.3 is 4.98 Å². The van der Waals surface area contributed by atoms with E-state index in [2.05, 4.69) is 41.8 Å². The number of aromatic amines is 1. The number of nitrogens with one attached hydrogen (secondary N) is 3. The van der Waals surface area contributed by atoms with Crippen LogP contribution in [0.4, 0.5) is 0 Å². The van der Waals surface area contributed by atoms with E-state index < -0.39 is 17.9 Å². The van der Waals surface area contributed by atoms with Crippen molar-refractivity contribution >= 4 is 27.7 Å². The molecule has 9 heteroatoms. The Morgan fingerprint density at radius 1 is 1.47 bits per heavy atom. The zero-order chi connectivity index (χ0) is 13.8. The fraction of sp³-hybridized carbons (Fsp3) is 0.200. The number of rotatable bonds is 3. The highest BCUT2D eigenvalue weighted by Gasteiger charge is 2.16. The van der Waals surface area contributed by atoms with Gasteiger partial charge in [0.05, 0.1) is 0 Å². The lowest BCUT2D eigenvalue weighted by atomic mass is 10.3. The molecule has 2 heterocycles. The SMILES string of the molecule is CC(C(=O)NNC(=O)c1cc(Br)c[nH]1)n1cncn1. The summed E-state index contributed by atoms with van der Waals surface area (Å²) >= 11 is 3.21. The van der Waals surface area contributed by atoms with Crippen molar-refractivity contribution in [1.82, 2.24) is 30.6 Å². The Morgan fingerprint density at radius 2 is 2.26 bits per heavy atom. The van der Waals surface area contributed by atoms with Crippen LogP contribution in [0.25, 0.3) is 0 Å². The van der Waals surface area contributed by atoms with E-state index in [1.165, 1.54) is 17.3 Å². The summed E-state index contributed by atoms with van der Waals surface area (Å²) in [5.74, 6) is -0.839. The minimum atomic E-state index is -0.571.